The van der Waals surface area contributed by atoms with Crippen LogP contribution in [0.3, 0.4) is 0 Å². The van der Waals surface area contributed by atoms with E-state index in [1.54, 1.807) is 4.57 Å². The van der Waals surface area contributed by atoms with E-state index in [1.165, 1.54) is 0 Å². The van der Waals surface area contributed by atoms with Gasteiger partial charge in [0.05, 0.1) is 0 Å². The van der Waals surface area contributed by atoms with Crippen LogP contribution < -0.4 is 11.0 Å². The van der Waals surface area contributed by atoms with Crippen LogP contribution in [0.1, 0.15) is 39.2 Å². The van der Waals surface area contributed by atoms with Crippen molar-refractivity contribution >= 4 is 0 Å². The van der Waals surface area contributed by atoms with Gasteiger partial charge in [0.25, 0.3) is 0 Å². The molecule has 0 aliphatic heterocycles. The number of nitrogens with one attached hydrogen (secondary N) is 1. The molecular weight excluding hydrogens is 202 g/mol. The summed E-state index contributed by atoms with van der Waals surface area (Å²) in [4.78, 5) is 11.9. The third-order valence-electron chi connectivity index (χ3n) is 3.27. The van der Waals surface area contributed by atoms with E-state index in [9.17, 15) is 4.79 Å². The minimum atomic E-state index is 0.147. The van der Waals surface area contributed by atoms with E-state index in [4.69, 9.17) is 0 Å². The molecule has 1 N–H and O–H groups in total. The zero-order valence-corrected chi connectivity index (χ0v) is 10.1. The van der Waals surface area contributed by atoms with Crippen LogP contribution in [0.4, 0.5) is 0 Å². The maximum absolute atomic E-state index is 11.9. The number of imidazole rings is 1. The highest BCUT2D eigenvalue weighted by Crippen LogP contribution is 2.33. The molecule has 1 unspecified atom stereocenters. The van der Waals surface area contributed by atoms with Gasteiger partial charge >= 0.3 is 5.69 Å². The molecule has 0 saturated heterocycles. The highest BCUT2D eigenvalue weighted by molar-refractivity contribution is 4.91. The lowest BCUT2D eigenvalue weighted by Gasteiger charge is -2.10. The minimum Gasteiger partial charge on any atom is -0.312 e. The highest BCUT2D eigenvalue weighted by Gasteiger charge is 2.25. The molecule has 0 radical (unpaired) electrons. The lowest BCUT2D eigenvalue weighted by molar-refractivity contribution is 0.496. The van der Waals surface area contributed by atoms with Crippen LogP contribution in [0.25, 0.3) is 0 Å². The Bertz CT molecular complexity index is 389. The van der Waals surface area contributed by atoms with Crippen molar-refractivity contribution in [3.05, 3.63) is 22.9 Å². The molecule has 0 bridgehead atoms. The number of hydrogen-bond acceptors (Lipinski definition) is 2. The van der Waals surface area contributed by atoms with E-state index in [2.05, 4.69) is 19.2 Å². The normalized spacial score (nSPS) is 17.6. The molecule has 1 heterocycles. The molecule has 1 aliphatic carbocycles. The summed E-state index contributed by atoms with van der Waals surface area (Å²) in [6.07, 6.45) is 7.27. The molecule has 90 valence electrons. The molecular formula is C12H21N3O. The Morgan fingerprint density at radius 3 is 2.88 bits per heavy atom. The summed E-state index contributed by atoms with van der Waals surface area (Å²) < 4.78 is 3.66. The standard InChI is InChI=1S/C12H21N3O/c1-3-10(2)13-6-7-14-8-9-15(12(14)16)11-4-5-11/h8-11,13H,3-7H2,1-2H3. The number of nitrogens with zero attached hydrogens (tertiary/aromatic N) is 2. The fraction of sp³-hybridized carbons (Fsp3) is 0.750. The fourth-order valence-corrected chi connectivity index (χ4v) is 1.80. The first-order valence-corrected chi connectivity index (χ1v) is 6.23. The first kappa shape index (κ1) is 11.5. The van der Waals surface area contributed by atoms with Gasteiger partial charge in [-0.15, -0.1) is 0 Å². The minimum absolute atomic E-state index is 0.147. The summed E-state index contributed by atoms with van der Waals surface area (Å²) >= 11 is 0. The summed E-state index contributed by atoms with van der Waals surface area (Å²) in [5, 5.41) is 3.39. The first-order chi connectivity index (χ1) is 7.72. The third-order valence-corrected chi connectivity index (χ3v) is 3.27. The van der Waals surface area contributed by atoms with E-state index in [0.717, 1.165) is 32.4 Å². The molecule has 0 aromatic carbocycles. The molecule has 2 rings (SSSR count). The quantitative estimate of drug-likeness (QED) is 0.791. The molecule has 16 heavy (non-hydrogen) atoms. The molecule has 0 amide bonds. The Kier molecular flexibility index (Phi) is 3.49. The van der Waals surface area contributed by atoms with Crippen LogP contribution >= 0.6 is 0 Å². The molecule has 1 fully saturated rings. The SMILES string of the molecule is CCC(C)NCCn1ccn(C2CC2)c1=O. The van der Waals surface area contributed by atoms with Crippen LogP contribution in [0.15, 0.2) is 17.2 Å². The Hall–Kier alpha value is -1.03. The van der Waals surface area contributed by atoms with Crippen LogP contribution in [-0.4, -0.2) is 21.7 Å². The zero-order valence-electron chi connectivity index (χ0n) is 10.1. The highest BCUT2D eigenvalue weighted by atomic mass is 16.1. The maximum Gasteiger partial charge on any atom is 0.328 e. The topological polar surface area (TPSA) is 39.0 Å². The predicted octanol–water partition coefficient (Wildman–Crippen LogP) is 1.37. The van der Waals surface area contributed by atoms with Gasteiger partial charge in [0.15, 0.2) is 0 Å². The van der Waals surface area contributed by atoms with Gasteiger partial charge in [-0.3, -0.25) is 9.13 Å². The first-order valence-electron chi connectivity index (χ1n) is 6.23. The number of hydrogen-bond donors (Lipinski definition) is 1. The average molecular weight is 223 g/mol. The van der Waals surface area contributed by atoms with Crippen LogP contribution in [0, 0.1) is 0 Å². The van der Waals surface area contributed by atoms with Crippen molar-refractivity contribution in [1.82, 2.24) is 14.5 Å². The summed E-state index contributed by atoms with van der Waals surface area (Å²) in [5.41, 5.74) is 0.147. The van der Waals surface area contributed by atoms with Gasteiger partial charge in [0.2, 0.25) is 0 Å². The van der Waals surface area contributed by atoms with Crippen molar-refractivity contribution in [2.24, 2.45) is 0 Å². The molecule has 1 aromatic heterocycles. The van der Waals surface area contributed by atoms with Crippen molar-refractivity contribution in [3.8, 4) is 0 Å². The van der Waals surface area contributed by atoms with Gasteiger partial charge < -0.3 is 5.32 Å². The van der Waals surface area contributed by atoms with Crippen molar-refractivity contribution < 1.29 is 0 Å². The van der Waals surface area contributed by atoms with Gasteiger partial charge in [-0.05, 0) is 26.2 Å². The zero-order chi connectivity index (χ0) is 11.5. The van der Waals surface area contributed by atoms with Crippen molar-refractivity contribution in [3.63, 3.8) is 0 Å². The van der Waals surface area contributed by atoms with Crippen LogP contribution in [-0.2, 0) is 6.54 Å². The van der Waals surface area contributed by atoms with Gasteiger partial charge in [-0.25, -0.2) is 4.79 Å². The van der Waals surface area contributed by atoms with Crippen LogP contribution in [0.2, 0.25) is 0 Å². The third kappa shape index (κ3) is 2.55. The molecule has 1 saturated carbocycles. The van der Waals surface area contributed by atoms with E-state index in [1.807, 2.05) is 17.0 Å². The largest absolute Gasteiger partial charge is 0.328 e. The fourth-order valence-electron chi connectivity index (χ4n) is 1.80. The molecule has 4 heteroatoms. The number of rotatable bonds is 6. The van der Waals surface area contributed by atoms with Crippen molar-refractivity contribution in [2.45, 2.75) is 51.7 Å². The van der Waals surface area contributed by atoms with Gasteiger partial charge in [-0.1, -0.05) is 6.92 Å². The smallest absolute Gasteiger partial charge is 0.312 e. The number of aromatic nitrogens is 2. The summed E-state index contributed by atoms with van der Waals surface area (Å²) in [7, 11) is 0. The summed E-state index contributed by atoms with van der Waals surface area (Å²) in [5.74, 6) is 0. The van der Waals surface area contributed by atoms with Crippen LogP contribution in [0.5, 0.6) is 0 Å². The van der Waals surface area contributed by atoms with Crippen molar-refractivity contribution in [1.29, 1.82) is 0 Å². The molecule has 1 aromatic rings. The van der Waals surface area contributed by atoms with E-state index >= 15 is 0 Å². The Morgan fingerprint density at radius 2 is 2.25 bits per heavy atom. The monoisotopic (exact) mass is 223 g/mol. The summed E-state index contributed by atoms with van der Waals surface area (Å²) in [6, 6.07) is 1.01. The van der Waals surface area contributed by atoms with Gasteiger partial charge in [0.1, 0.15) is 0 Å². The average Bonchev–Trinajstić information content (AvgIpc) is 3.05. The van der Waals surface area contributed by atoms with E-state index in [-0.39, 0.29) is 5.69 Å². The van der Waals surface area contributed by atoms with E-state index < -0.39 is 0 Å². The second kappa shape index (κ2) is 4.87. The molecule has 0 spiro atoms. The predicted molar refractivity (Wildman–Crippen MR) is 64.7 cm³/mol. The Balaban J connectivity index is 1.87. The lowest BCUT2D eigenvalue weighted by atomic mass is 10.3. The molecule has 1 atom stereocenters. The second-order valence-electron chi connectivity index (χ2n) is 4.68. The molecule has 4 nitrogen and oxygen atoms in total. The van der Waals surface area contributed by atoms with Gasteiger partial charge in [-0.2, -0.15) is 0 Å². The van der Waals surface area contributed by atoms with Crippen molar-refractivity contribution in [2.75, 3.05) is 6.54 Å². The summed E-state index contributed by atoms with van der Waals surface area (Å²) in [6.45, 7) is 5.96. The maximum atomic E-state index is 11.9. The Morgan fingerprint density at radius 1 is 1.50 bits per heavy atom. The lowest BCUT2D eigenvalue weighted by Crippen LogP contribution is -2.32. The van der Waals surface area contributed by atoms with Gasteiger partial charge in [0, 0.05) is 37.6 Å². The van der Waals surface area contributed by atoms with E-state index in [0.29, 0.717) is 12.1 Å². The second-order valence-corrected chi connectivity index (χ2v) is 4.68. The molecule has 1 aliphatic rings. The Labute approximate surface area is 96.3 Å².